The highest BCUT2D eigenvalue weighted by atomic mass is 16.6. The third-order valence-electron chi connectivity index (χ3n) is 4.05. The standard InChI is InChI=1S/C18H19N3O6/c1-11(16-3-2-8-26-16)19-17(22)10-27-18(23)12-4-7-14(20-13-5-6-13)15(9-12)21(24)25/h2-4,7-9,11,13,20H,5-6,10H2,1H3,(H,19,22)/t11-/m0/s1. The van der Waals surface area contributed by atoms with Crippen LogP contribution in [0, 0.1) is 10.1 Å². The number of amides is 1. The molecule has 1 saturated carbocycles. The molecule has 1 atom stereocenters. The van der Waals surface area contributed by atoms with Crippen molar-refractivity contribution >= 4 is 23.3 Å². The fraction of sp³-hybridized carbons (Fsp3) is 0.333. The van der Waals surface area contributed by atoms with Gasteiger partial charge in [0.2, 0.25) is 0 Å². The van der Waals surface area contributed by atoms with Gasteiger partial charge in [-0.05, 0) is 44.0 Å². The molecule has 0 saturated heterocycles. The second-order valence-electron chi connectivity index (χ2n) is 6.29. The minimum Gasteiger partial charge on any atom is -0.467 e. The lowest BCUT2D eigenvalue weighted by atomic mass is 10.1. The number of nitrogens with one attached hydrogen (secondary N) is 2. The van der Waals surface area contributed by atoms with Crippen LogP contribution in [0.15, 0.2) is 41.0 Å². The normalized spacial score (nSPS) is 14.3. The molecule has 27 heavy (non-hydrogen) atoms. The van der Waals surface area contributed by atoms with E-state index in [4.69, 9.17) is 9.15 Å². The predicted octanol–water partition coefficient (Wildman–Crippen LogP) is 2.80. The van der Waals surface area contributed by atoms with Crippen LogP contribution >= 0.6 is 0 Å². The van der Waals surface area contributed by atoms with Gasteiger partial charge in [-0.3, -0.25) is 14.9 Å². The summed E-state index contributed by atoms with van der Waals surface area (Å²) in [5, 5.41) is 16.9. The molecule has 0 aliphatic heterocycles. The molecular weight excluding hydrogens is 354 g/mol. The van der Waals surface area contributed by atoms with E-state index < -0.39 is 23.4 Å². The number of furan rings is 1. The number of carbonyl (C=O) groups excluding carboxylic acids is 2. The van der Waals surface area contributed by atoms with Crippen LogP contribution in [0.1, 0.15) is 41.9 Å². The Morgan fingerprint density at radius 3 is 2.78 bits per heavy atom. The summed E-state index contributed by atoms with van der Waals surface area (Å²) in [6, 6.07) is 7.34. The average Bonchev–Trinajstić information content (AvgIpc) is 3.28. The zero-order chi connectivity index (χ0) is 19.4. The summed E-state index contributed by atoms with van der Waals surface area (Å²) >= 11 is 0. The molecule has 9 nitrogen and oxygen atoms in total. The Hall–Kier alpha value is -3.36. The quantitative estimate of drug-likeness (QED) is 0.414. The van der Waals surface area contributed by atoms with E-state index >= 15 is 0 Å². The lowest BCUT2D eigenvalue weighted by molar-refractivity contribution is -0.384. The van der Waals surface area contributed by atoms with E-state index in [9.17, 15) is 19.7 Å². The number of esters is 1. The summed E-state index contributed by atoms with van der Waals surface area (Å²) < 4.78 is 10.1. The minimum absolute atomic E-state index is 0.00919. The molecule has 0 unspecified atom stereocenters. The molecule has 1 amide bonds. The largest absolute Gasteiger partial charge is 0.467 e. The number of anilines is 1. The summed E-state index contributed by atoms with van der Waals surface area (Å²) in [4.78, 5) is 34.7. The molecule has 3 rings (SSSR count). The van der Waals surface area contributed by atoms with Gasteiger partial charge in [-0.25, -0.2) is 4.79 Å². The summed E-state index contributed by atoms with van der Waals surface area (Å²) in [6.07, 6.45) is 3.42. The molecule has 0 bridgehead atoms. The highest BCUT2D eigenvalue weighted by Crippen LogP contribution is 2.31. The Morgan fingerprint density at radius 1 is 1.37 bits per heavy atom. The molecule has 142 valence electrons. The van der Waals surface area contributed by atoms with Gasteiger partial charge < -0.3 is 19.8 Å². The maximum absolute atomic E-state index is 12.1. The first kappa shape index (κ1) is 18.4. The van der Waals surface area contributed by atoms with E-state index in [1.54, 1.807) is 19.1 Å². The molecule has 1 aromatic carbocycles. The summed E-state index contributed by atoms with van der Waals surface area (Å²) in [6.45, 7) is 1.23. The van der Waals surface area contributed by atoms with Gasteiger partial charge in [0.15, 0.2) is 6.61 Å². The summed E-state index contributed by atoms with van der Waals surface area (Å²) in [5.41, 5.74) is 0.172. The molecule has 1 aliphatic rings. The zero-order valence-electron chi connectivity index (χ0n) is 14.6. The van der Waals surface area contributed by atoms with Gasteiger partial charge in [-0.15, -0.1) is 0 Å². The van der Waals surface area contributed by atoms with Gasteiger partial charge in [0.05, 0.1) is 22.8 Å². The van der Waals surface area contributed by atoms with Crippen LogP contribution in [0.4, 0.5) is 11.4 Å². The van der Waals surface area contributed by atoms with Crippen LogP contribution in [0.2, 0.25) is 0 Å². The summed E-state index contributed by atoms with van der Waals surface area (Å²) in [7, 11) is 0. The van der Waals surface area contributed by atoms with E-state index in [0.717, 1.165) is 18.9 Å². The fourth-order valence-electron chi connectivity index (χ4n) is 2.49. The van der Waals surface area contributed by atoms with Gasteiger partial charge in [-0.1, -0.05) is 0 Å². The average molecular weight is 373 g/mol. The number of nitro benzene ring substituents is 1. The first-order valence-corrected chi connectivity index (χ1v) is 8.49. The second kappa shape index (κ2) is 7.90. The van der Waals surface area contributed by atoms with Gasteiger partial charge in [0.1, 0.15) is 11.4 Å². The SMILES string of the molecule is C[C@H](NC(=O)COC(=O)c1ccc(NC2CC2)c([N+](=O)[O-])c1)c1ccco1. The number of nitro groups is 1. The van der Waals surface area contributed by atoms with Gasteiger partial charge in [0.25, 0.3) is 11.6 Å². The molecule has 0 radical (unpaired) electrons. The molecular formula is C18H19N3O6. The lowest BCUT2D eigenvalue weighted by Gasteiger charge is -2.12. The molecule has 0 spiro atoms. The summed E-state index contributed by atoms with van der Waals surface area (Å²) in [5.74, 6) is -0.741. The van der Waals surface area contributed by atoms with Crippen molar-refractivity contribution in [2.45, 2.75) is 31.8 Å². The molecule has 1 heterocycles. The third-order valence-corrected chi connectivity index (χ3v) is 4.05. The molecule has 1 aliphatic carbocycles. The van der Waals surface area contributed by atoms with Crippen molar-refractivity contribution in [1.82, 2.24) is 5.32 Å². The highest BCUT2D eigenvalue weighted by molar-refractivity contribution is 5.93. The molecule has 9 heteroatoms. The molecule has 1 aromatic heterocycles. The zero-order valence-corrected chi connectivity index (χ0v) is 14.6. The van der Waals surface area contributed by atoms with Crippen LogP contribution in [-0.4, -0.2) is 29.4 Å². The number of hydrogen-bond acceptors (Lipinski definition) is 7. The Balaban J connectivity index is 1.57. The van der Waals surface area contributed by atoms with Crippen LogP contribution in [0.25, 0.3) is 0 Å². The third kappa shape index (κ3) is 4.84. The van der Waals surface area contributed by atoms with E-state index in [1.807, 2.05) is 0 Å². The monoisotopic (exact) mass is 373 g/mol. The van der Waals surface area contributed by atoms with E-state index in [0.29, 0.717) is 11.4 Å². The van der Waals surface area contributed by atoms with E-state index in [2.05, 4.69) is 10.6 Å². The van der Waals surface area contributed by atoms with Crippen molar-refractivity contribution in [3.8, 4) is 0 Å². The van der Waals surface area contributed by atoms with Gasteiger partial charge >= 0.3 is 5.97 Å². The maximum atomic E-state index is 12.1. The Morgan fingerprint density at radius 2 is 2.15 bits per heavy atom. The maximum Gasteiger partial charge on any atom is 0.338 e. The van der Waals surface area contributed by atoms with Crippen molar-refractivity contribution < 1.29 is 23.7 Å². The molecule has 2 aromatic rings. The van der Waals surface area contributed by atoms with Crippen molar-refractivity contribution in [2.24, 2.45) is 0 Å². The van der Waals surface area contributed by atoms with Crippen molar-refractivity contribution in [3.63, 3.8) is 0 Å². The van der Waals surface area contributed by atoms with E-state index in [-0.39, 0.29) is 23.3 Å². The molecule has 2 N–H and O–H groups in total. The smallest absolute Gasteiger partial charge is 0.338 e. The van der Waals surface area contributed by atoms with Crippen molar-refractivity contribution in [2.75, 3.05) is 11.9 Å². The topological polar surface area (TPSA) is 124 Å². The van der Waals surface area contributed by atoms with Gasteiger partial charge in [0, 0.05) is 12.1 Å². The minimum atomic E-state index is -0.808. The first-order chi connectivity index (χ1) is 12.9. The van der Waals surface area contributed by atoms with Crippen molar-refractivity contribution in [1.29, 1.82) is 0 Å². The van der Waals surface area contributed by atoms with Crippen LogP contribution < -0.4 is 10.6 Å². The number of carbonyl (C=O) groups is 2. The van der Waals surface area contributed by atoms with Crippen LogP contribution in [0.5, 0.6) is 0 Å². The number of ether oxygens (including phenoxy) is 1. The van der Waals surface area contributed by atoms with Crippen LogP contribution in [0.3, 0.4) is 0 Å². The Bertz CT molecular complexity index is 845. The highest BCUT2D eigenvalue weighted by Gasteiger charge is 2.26. The number of nitrogens with zero attached hydrogens (tertiary/aromatic N) is 1. The van der Waals surface area contributed by atoms with Crippen molar-refractivity contribution in [3.05, 3.63) is 58.0 Å². The Kier molecular flexibility index (Phi) is 5.39. The Labute approximate surface area is 154 Å². The first-order valence-electron chi connectivity index (χ1n) is 8.49. The van der Waals surface area contributed by atoms with E-state index in [1.165, 1.54) is 18.4 Å². The predicted molar refractivity (Wildman–Crippen MR) is 95.3 cm³/mol. The van der Waals surface area contributed by atoms with Crippen LogP contribution in [-0.2, 0) is 9.53 Å². The number of benzene rings is 1. The fourth-order valence-corrected chi connectivity index (χ4v) is 2.49. The second-order valence-corrected chi connectivity index (χ2v) is 6.29. The number of rotatable bonds is 8. The molecule has 1 fully saturated rings. The number of hydrogen-bond donors (Lipinski definition) is 2. The van der Waals surface area contributed by atoms with Gasteiger partial charge in [-0.2, -0.15) is 0 Å². The lowest BCUT2D eigenvalue weighted by Crippen LogP contribution is -2.31.